The van der Waals surface area contributed by atoms with Crippen molar-refractivity contribution in [1.29, 1.82) is 0 Å². The van der Waals surface area contributed by atoms with Crippen LogP contribution in [-0.2, 0) is 0 Å². The van der Waals surface area contributed by atoms with Gasteiger partial charge in [-0.15, -0.1) is 11.3 Å². The molecule has 0 aliphatic rings. The molecule has 0 radical (unpaired) electrons. The van der Waals surface area contributed by atoms with Gasteiger partial charge in [0.15, 0.2) is 0 Å². The number of aromatic carboxylic acids is 1. The third-order valence-electron chi connectivity index (χ3n) is 2.85. The monoisotopic (exact) mass is 320 g/mol. The van der Waals surface area contributed by atoms with Crippen LogP contribution in [0.3, 0.4) is 0 Å². The zero-order chi connectivity index (χ0) is 14.1. The average molecular weight is 321 g/mol. The van der Waals surface area contributed by atoms with Crippen molar-refractivity contribution in [3.8, 4) is 0 Å². The normalized spacial score (nSPS) is 10.1. The number of aromatic nitrogens is 2. The number of thiophene rings is 1. The van der Waals surface area contributed by atoms with E-state index in [-0.39, 0.29) is 18.0 Å². The van der Waals surface area contributed by atoms with Crippen molar-refractivity contribution in [2.45, 2.75) is 6.92 Å². The van der Waals surface area contributed by atoms with Crippen molar-refractivity contribution in [1.82, 2.24) is 9.97 Å². The number of benzene rings is 1. The fourth-order valence-corrected chi connectivity index (χ4v) is 2.76. The van der Waals surface area contributed by atoms with Crippen LogP contribution >= 0.6 is 11.3 Å². The van der Waals surface area contributed by atoms with Crippen LogP contribution in [-0.4, -0.2) is 21.0 Å². The highest BCUT2D eigenvalue weighted by Crippen LogP contribution is 2.29. The molecular weight excluding hydrogens is 310 g/mol. The Kier molecular flexibility index (Phi) is 4.40. The summed E-state index contributed by atoms with van der Waals surface area (Å²) in [7, 11) is 0. The van der Waals surface area contributed by atoms with Gasteiger partial charge in [0.1, 0.15) is 17.0 Å². The van der Waals surface area contributed by atoms with Crippen molar-refractivity contribution < 1.29 is 22.3 Å². The Morgan fingerprint density at radius 2 is 1.95 bits per heavy atom. The molecule has 21 heavy (non-hydrogen) atoms. The quantitative estimate of drug-likeness (QED) is 0.733. The predicted octanol–water partition coefficient (Wildman–Crippen LogP) is 0.446. The molecule has 0 amide bonds. The third kappa shape index (κ3) is 3.12. The number of carboxylic acids is 1. The molecular formula is C14H11ClN3O2S-. The number of fused-ring (bicyclic) bond motifs is 1. The van der Waals surface area contributed by atoms with Gasteiger partial charge in [-0.05, 0) is 37.3 Å². The van der Waals surface area contributed by atoms with Gasteiger partial charge in [-0.2, -0.15) is 0 Å². The molecule has 5 nitrogen and oxygen atoms in total. The number of aryl methyl sites for hydroxylation is 1. The summed E-state index contributed by atoms with van der Waals surface area (Å²) in [5.74, 6) is -0.211. The molecule has 108 valence electrons. The summed E-state index contributed by atoms with van der Waals surface area (Å²) in [6, 6.07) is 8.59. The van der Waals surface area contributed by atoms with Gasteiger partial charge in [0.2, 0.25) is 0 Å². The van der Waals surface area contributed by atoms with E-state index in [1.807, 2.05) is 13.0 Å². The molecule has 2 N–H and O–H groups in total. The summed E-state index contributed by atoms with van der Waals surface area (Å²) < 4.78 is 0. The first-order chi connectivity index (χ1) is 9.63. The van der Waals surface area contributed by atoms with Gasteiger partial charge in [-0.1, -0.05) is 0 Å². The summed E-state index contributed by atoms with van der Waals surface area (Å²) in [6.45, 7) is 2.03. The average Bonchev–Trinajstić information content (AvgIpc) is 2.81. The number of anilines is 2. The fourth-order valence-electron chi connectivity index (χ4n) is 1.91. The van der Waals surface area contributed by atoms with E-state index >= 15 is 0 Å². The highest BCUT2D eigenvalue weighted by atomic mass is 35.5. The Hall–Kier alpha value is -2.18. The molecule has 3 rings (SSSR count). The van der Waals surface area contributed by atoms with Crippen molar-refractivity contribution in [2.75, 3.05) is 5.32 Å². The van der Waals surface area contributed by atoms with Crippen LogP contribution in [0.25, 0.3) is 10.2 Å². The van der Waals surface area contributed by atoms with Crippen molar-refractivity contribution in [3.05, 3.63) is 47.1 Å². The molecule has 0 unspecified atom stereocenters. The highest BCUT2D eigenvalue weighted by Gasteiger charge is 2.07. The van der Waals surface area contributed by atoms with Crippen molar-refractivity contribution in [2.24, 2.45) is 0 Å². The number of hydrogen-bond donors (Lipinski definition) is 2. The van der Waals surface area contributed by atoms with Gasteiger partial charge in [-0.3, -0.25) is 0 Å². The lowest BCUT2D eigenvalue weighted by Crippen LogP contribution is -3.00. The van der Waals surface area contributed by atoms with Crippen LogP contribution in [0.5, 0.6) is 0 Å². The van der Waals surface area contributed by atoms with Gasteiger partial charge in [0.25, 0.3) is 0 Å². The van der Waals surface area contributed by atoms with Crippen LogP contribution in [0.1, 0.15) is 15.2 Å². The standard InChI is InChI=1S/C14H11N3O2S.ClH/c1-8-6-11-12(15-7-16-13(11)20-8)17-10-4-2-9(3-5-10)14(18)19;/h2-7H,1H3,(H,18,19)(H,15,16,17);1H/p-1. The van der Waals surface area contributed by atoms with E-state index in [0.717, 1.165) is 21.7 Å². The lowest BCUT2D eigenvalue weighted by Gasteiger charge is -2.06. The summed E-state index contributed by atoms with van der Waals surface area (Å²) in [5.41, 5.74) is 1.05. The Bertz CT molecular complexity index is 787. The van der Waals surface area contributed by atoms with Gasteiger partial charge < -0.3 is 22.8 Å². The zero-order valence-electron chi connectivity index (χ0n) is 11.0. The molecule has 0 fully saturated rings. The molecule has 2 aromatic heterocycles. The van der Waals surface area contributed by atoms with E-state index in [1.165, 1.54) is 11.2 Å². The maximum absolute atomic E-state index is 10.8. The molecule has 0 bridgehead atoms. The number of carboxylic acid groups (broad SMARTS) is 1. The molecule has 3 aromatic rings. The minimum atomic E-state index is -0.936. The summed E-state index contributed by atoms with van der Waals surface area (Å²) in [5, 5.41) is 13.0. The Morgan fingerprint density at radius 1 is 1.24 bits per heavy atom. The first kappa shape index (κ1) is 15.2. The van der Waals surface area contributed by atoms with Crippen LogP contribution in [0, 0.1) is 6.92 Å². The van der Waals surface area contributed by atoms with Crippen molar-refractivity contribution in [3.63, 3.8) is 0 Å². The van der Waals surface area contributed by atoms with Gasteiger partial charge >= 0.3 is 5.97 Å². The lowest BCUT2D eigenvalue weighted by atomic mass is 10.2. The van der Waals surface area contributed by atoms with Gasteiger partial charge in [0, 0.05) is 10.6 Å². The largest absolute Gasteiger partial charge is 1.00 e. The minimum Gasteiger partial charge on any atom is -1.00 e. The Morgan fingerprint density at radius 3 is 2.62 bits per heavy atom. The fraction of sp³-hybridized carbons (Fsp3) is 0.0714. The van der Waals surface area contributed by atoms with Crippen LogP contribution < -0.4 is 17.7 Å². The molecule has 0 saturated carbocycles. The summed E-state index contributed by atoms with van der Waals surface area (Å²) >= 11 is 1.61. The molecule has 2 heterocycles. The van der Waals surface area contributed by atoms with E-state index in [1.54, 1.807) is 35.6 Å². The number of halogens is 1. The van der Waals surface area contributed by atoms with Crippen LogP contribution in [0.15, 0.2) is 36.7 Å². The zero-order valence-corrected chi connectivity index (χ0v) is 12.6. The first-order valence-electron chi connectivity index (χ1n) is 5.95. The Balaban J connectivity index is 0.00000161. The maximum atomic E-state index is 10.8. The van der Waals surface area contributed by atoms with E-state index in [2.05, 4.69) is 15.3 Å². The number of carbonyl (C=O) groups is 1. The maximum Gasteiger partial charge on any atom is 0.335 e. The second-order valence-electron chi connectivity index (χ2n) is 4.31. The first-order valence-corrected chi connectivity index (χ1v) is 6.76. The number of nitrogens with zero attached hydrogens (tertiary/aromatic N) is 2. The van der Waals surface area contributed by atoms with E-state index in [4.69, 9.17) is 5.11 Å². The number of rotatable bonds is 3. The lowest BCUT2D eigenvalue weighted by molar-refractivity contribution is -0.0000196. The molecule has 1 aromatic carbocycles. The van der Waals surface area contributed by atoms with Gasteiger partial charge in [0.05, 0.1) is 10.9 Å². The second-order valence-corrected chi connectivity index (χ2v) is 5.54. The van der Waals surface area contributed by atoms with Crippen LogP contribution in [0.2, 0.25) is 0 Å². The molecule has 0 atom stereocenters. The second kappa shape index (κ2) is 6.07. The van der Waals surface area contributed by atoms with E-state index < -0.39 is 5.97 Å². The SMILES string of the molecule is Cc1cc2c(Nc3ccc(C(=O)O)cc3)ncnc2s1.[Cl-]. The van der Waals surface area contributed by atoms with Crippen LogP contribution in [0.4, 0.5) is 11.5 Å². The molecule has 0 aliphatic carbocycles. The Labute approximate surface area is 131 Å². The number of nitrogens with one attached hydrogen (secondary N) is 1. The molecule has 7 heteroatoms. The van der Waals surface area contributed by atoms with E-state index in [9.17, 15) is 4.79 Å². The van der Waals surface area contributed by atoms with E-state index in [0.29, 0.717) is 0 Å². The summed E-state index contributed by atoms with van der Waals surface area (Å²) in [6.07, 6.45) is 1.52. The highest BCUT2D eigenvalue weighted by molar-refractivity contribution is 7.18. The van der Waals surface area contributed by atoms with Crippen molar-refractivity contribution >= 4 is 39.0 Å². The minimum absolute atomic E-state index is 0. The summed E-state index contributed by atoms with van der Waals surface area (Å²) in [4.78, 5) is 21.4. The third-order valence-corrected chi connectivity index (χ3v) is 3.81. The molecule has 0 spiro atoms. The number of hydrogen-bond acceptors (Lipinski definition) is 5. The topological polar surface area (TPSA) is 75.1 Å². The molecule has 0 aliphatic heterocycles. The molecule has 0 saturated heterocycles. The predicted molar refractivity (Wildman–Crippen MR) is 78.8 cm³/mol. The smallest absolute Gasteiger partial charge is 0.335 e. The van der Waals surface area contributed by atoms with Gasteiger partial charge in [-0.25, -0.2) is 14.8 Å².